The number of rotatable bonds is 8. The van der Waals surface area contributed by atoms with Crippen LogP contribution >= 0.6 is 11.3 Å². The van der Waals surface area contributed by atoms with Crippen molar-refractivity contribution in [3.8, 4) is 0 Å². The standard InChI is InChI=1S/C21H23N3O3S2/c1-16(20-12-7-13-28-20)22-15-21(25)23-17-8-6-11-19(14-17)29(26,27)24(2)18-9-4-3-5-10-18/h3-14,16,22H,15H2,1-2H3,(H,23,25)/t16-/m0/s1. The van der Waals surface area contributed by atoms with Crippen LogP contribution in [0.25, 0.3) is 0 Å². The van der Waals surface area contributed by atoms with Crippen LogP contribution in [-0.4, -0.2) is 27.9 Å². The summed E-state index contributed by atoms with van der Waals surface area (Å²) in [6.07, 6.45) is 0. The molecule has 1 heterocycles. The van der Waals surface area contributed by atoms with Crippen LogP contribution in [0, 0.1) is 0 Å². The summed E-state index contributed by atoms with van der Waals surface area (Å²) in [6.45, 7) is 2.12. The second-order valence-electron chi connectivity index (χ2n) is 6.50. The fraction of sp³-hybridized carbons (Fsp3) is 0.190. The van der Waals surface area contributed by atoms with Crippen LogP contribution in [0.4, 0.5) is 11.4 Å². The molecule has 0 aliphatic rings. The van der Waals surface area contributed by atoms with E-state index in [0.717, 1.165) is 4.88 Å². The SMILES string of the molecule is C[C@H](NCC(=O)Nc1cccc(S(=O)(=O)N(C)c2ccccc2)c1)c1cccs1. The molecular formula is C21H23N3O3S2. The summed E-state index contributed by atoms with van der Waals surface area (Å²) in [4.78, 5) is 13.5. The van der Waals surface area contributed by atoms with Gasteiger partial charge in [0.15, 0.2) is 0 Å². The van der Waals surface area contributed by atoms with E-state index in [1.807, 2.05) is 30.5 Å². The van der Waals surface area contributed by atoms with Crippen molar-refractivity contribution in [2.45, 2.75) is 17.9 Å². The third-order valence-corrected chi connectivity index (χ3v) is 7.27. The van der Waals surface area contributed by atoms with E-state index in [0.29, 0.717) is 11.4 Å². The smallest absolute Gasteiger partial charge is 0.264 e. The van der Waals surface area contributed by atoms with Gasteiger partial charge < -0.3 is 10.6 Å². The first-order valence-corrected chi connectivity index (χ1v) is 11.4. The number of anilines is 2. The van der Waals surface area contributed by atoms with Crippen LogP contribution in [0.1, 0.15) is 17.8 Å². The Balaban J connectivity index is 1.66. The van der Waals surface area contributed by atoms with Crippen molar-refractivity contribution in [1.29, 1.82) is 0 Å². The molecule has 0 unspecified atom stereocenters. The molecule has 1 aromatic heterocycles. The molecule has 3 rings (SSSR count). The van der Waals surface area contributed by atoms with Crippen molar-refractivity contribution in [2.24, 2.45) is 0 Å². The van der Waals surface area contributed by atoms with Gasteiger partial charge in [0, 0.05) is 23.7 Å². The molecule has 0 radical (unpaired) electrons. The molecule has 0 aliphatic carbocycles. The van der Waals surface area contributed by atoms with E-state index in [1.165, 1.54) is 23.5 Å². The summed E-state index contributed by atoms with van der Waals surface area (Å²) in [6, 6.07) is 19.1. The van der Waals surface area contributed by atoms with E-state index >= 15 is 0 Å². The van der Waals surface area contributed by atoms with Crippen molar-refractivity contribution in [2.75, 3.05) is 23.2 Å². The average Bonchev–Trinajstić information content (AvgIpc) is 3.27. The molecule has 29 heavy (non-hydrogen) atoms. The third-order valence-electron chi connectivity index (χ3n) is 4.43. The lowest BCUT2D eigenvalue weighted by Crippen LogP contribution is -2.30. The number of sulfonamides is 1. The Morgan fingerprint density at radius 2 is 1.83 bits per heavy atom. The maximum Gasteiger partial charge on any atom is 0.264 e. The van der Waals surface area contributed by atoms with E-state index < -0.39 is 10.0 Å². The fourth-order valence-electron chi connectivity index (χ4n) is 2.76. The van der Waals surface area contributed by atoms with E-state index in [1.54, 1.807) is 47.7 Å². The molecule has 0 saturated heterocycles. The zero-order chi connectivity index (χ0) is 20.9. The number of thiophene rings is 1. The molecule has 0 bridgehead atoms. The molecule has 0 spiro atoms. The van der Waals surface area contributed by atoms with Gasteiger partial charge in [-0.25, -0.2) is 8.42 Å². The Labute approximate surface area is 175 Å². The molecule has 0 saturated carbocycles. The summed E-state index contributed by atoms with van der Waals surface area (Å²) < 4.78 is 27.1. The Hall–Kier alpha value is -2.68. The van der Waals surface area contributed by atoms with Gasteiger partial charge in [0.1, 0.15) is 0 Å². The van der Waals surface area contributed by atoms with E-state index in [9.17, 15) is 13.2 Å². The second kappa shape index (κ2) is 9.21. The molecule has 1 amide bonds. The summed E-state index contributed by atoms with van der Waals surface area (Å²) in [5.74, 6) is -0.237. The van der Waals surface area contributed by atoms with E-state index in [4.69, 9.17) is 0 Å². The lowest BCUT2D eigenvalue weighted by Gasteiger charge is -2.20. The maximum atomic E-state index is 12.9. The largest absolute Gasteiger partial charge is 0.325 e. The summed E-state index contributed by atoms with van der Waals surface area (Å²) in [5.41, 5.74) is 0.997. The van der Waals surface area contributed by atoms with Crippen LogP contribution < -0.4 is 14.9 Å². The van der Waals surface area contributed by atoms with Crippen molar-refractivity contribution < 1.29 is 13.2 Å². The van der Waals surface area contributed by atoms with Crippen molar-refractivity contribution in [3.05, 3.63) is 77.0 Å². The predicted octanol–water partition coefficient (Wildman–Crippen LogP) is 3.86. The molecule has 1 atom stereocenters. The summed E-state index contributed by atoms with van der Waals surface area (Å²) in [5, 5.41) is 7.91. The van der Waals surface area contributed by atoms with Crippen LogP contribution in [-0.2, 0) is 14.8 Å². The minimum atomic E-state index is -3.74. The van der Waals surface area contributed by atoms with Gasteiger partial charge in [-0.05, 0) is 48.7 Å². The first kappa shape index (κ1) is 21.0. The zero-order valence-corrected chi connectivity index (χ0v) is 17.8. The number of carbonyl (C=O) groups excluding carboxylic acids is 1. The molecule has 2 aromatic carbocycles. The van der Waals surface area contributed by atoms with Gasteiger partial charge in [0.2, 0.25) is 5.91 Å². The van der Waals surface area contributed by atoms with Crippen LogP contribution in [0.5, 0.6) is 0 Å². The fourth-order valence-corrected chi connectivity index (χ4v) is 4.76. The first-order chi connectivity index (χ1) is 13.9. The highest BCUT2D eigenvalue weighted by atomic mass is 32.2. The van der Waals surface area contributed by atoms with Crippen molar-refractivity contribution in [1.82, 2.24) is 5.32 Å². The summed E-state index contributed by atoms with van der Waals surface area (Å²) in [7, 11) is -2.23. The van der Waals surface area contributed by atoms with Gasteiger partial charge in [-0.15, -0.1) is 11.3 Å². The van der Waals surface area contributed by atoms with E-state index in [2.05, 4.69) is 10.6 Å². The monoisotopic (exact) mass is 429 g/mol. The molecule has 6 nitrogen and oxygen atoms in total. The Morgan fingerprint density at radius 1 is 1.07 bits per heavy atom. The lowest BCUT2D eigenvalue weighted by atomic mass is 10.2. The van der Waals surface area contributed by atoms with Crippen molar-refractivity contribution in [3.63, 3.8) is 0 Å². The number of nitrogens with one attached hydrogen (secondary N) is 2. The van der Waals surface area contributed by atoms with Crippen LogP contribution in [0.15, 0.2) is 77.0 Å². The predicted molar refractivity (Wildman–Crippen MR) is 118 cm³/mol. The average molecular weight is 430 g/mol. The number of benzene rings is 2. The normalized spacial score (nSPS) is 12.3. The Morgan fingerprint density at radius 3 is 2.52 bits per heavy atom. The second-order valence-corrected chi connectivity index (χ2v) is 9.45. The Kier molecular flexibility index (Phi) is 6.68. The number of para-hydroxylation sites is 1. The maximum absolute atomic E-state index is 12.9. The van der Waals surface area contributed by atoms with Crippen molar-refractivity contribution >= 4 is 38.6 Å². The van der Waals surface area contributed by atoms with Gasteiger partial charge >= 0.3 is 0 Å². The number of nitrogens with zero attached hydrogens (tertiary/aromatic N) is 1. The molecular weight excluding hydrogens is 406 g/mol. The molecule has 0 fully saturated rings. The molecule has 0 aliphatic heterocycles. The van der Waals surface area contributed by atoms with Gasteiger partial charge in [-0.3, -0.25) is 9.10 Å². The topological polar surface area (TPSA) is 78.5 Å². The highest BCUT2D eigenvalue weighted by Crippen LogP contribution is 2.23. The molecule has 3 aromatic rings. The number of hydrogen-bond donors (Lipinski definition) is 2. The first-order valence-electron chi connectivity index (χ1n) is 9.08. The van der Waals surface area contributed by atoms with Gasteiger partial charge in [0.05, 0.1) is 17.1 Å². The number of amides is 1. The van der Waals surface area contributed by atoms with Gasteiger partial charge in [0.25, 0.3) is 10.0 Å². The van der Waals surface area contributed by atoms with Gasteiger partial charge in [-0.1, -0.05) is 30.3 Å². The Bertz CT molecular complexity index is 1050. The number of hydrogen-bond acceptors (Lipinski definition) is 5. The molecule has 152 valence electrons. The quantitative estimate of drug-likeness (QED) is 0.570. The third kappa shape index (κ3) is 5.23. The summed E-state index contributed by atoms with van der Waals surface area (Å²) >= 11 is 1.63. The minimum absolute atomic E-state index is 0.0620. The number of carbonyl (C=O) groups is 1. The zero-order valence-electron chi connectivity index (χ0n) is 16.2. The van der Waals surface area contributed by atoms with E-state index in [-0.39, 0.29) is 23.4 Å². The minimum Gasteiger partial charge on any atom is -0.325 e. The van der Waals surface area contributed by atoms with Crippen LogP contribution in [0.3, 0.4) is 0 Å². The lowest BCUT2D eigenvalue weighted by molar-refractivity contribution is -0.115. The highest BCUT2D eigenvalue weighted by Gasteiger charge is 2.21. The van der Waals surface area contributed by atoms with Gasteiger partial charge in [-0.2, -0.15) is 0 Å². The molecule has 8 heteroatoms. The molecule has 2 N–H and O–H groups in total. The van der Waals surface area contributed by atoms with Crippen LogP contribution in [0.2, 0.25) is 0 Å². The highest BCUT2D eigenvalue weighted by molar-refractivity contribution is 7.92.